The first kappa shape index (κ1) is 14.3. The highest BCUT2D eigenvalue weighted by atomic mass is 16.7. The topological polar surface area (TPSA) is 18.5 Å². The highest BCUT2D eigenvalue weighted by molar-refractivity contribution is 5.13. The van der Waals surface area contributed by atoms with Crippen LogP contribution >= 0.6 is 0 Å². The summed E-state index contributed by atoms with van der Waals surface area (Å²) in [6, 6.07) is 0. The van der Waals surface area contributed by atoms with Crippen LogP contribution in [0.25, 0.3) is 0 Å². The molecular formula is C20H32O2. The molecule has 2 heteroatoms. The minimum absolute atomic E-state index is 0.266. The molecule has 4 bridgehead atoms. The first-order valence-corrected chi connectivity index (χ1v) is 9.85. The quantitative estimate of drug-likeness (QED) is 0.722. The molecule has 0 radical (unpaired) electrons. The number of ether oxygens (including phenoxy) is 2. The Labute approximate surface area is 135 Å². The van der Waals surface area contributed by atoms with Gasteiger partial charge >= 0.3 is 0 Å². The Morgan fingerprint density at radius 1 is 0.864 bits per heavy atom. The van der Waals surface area contributed by atoms with Crippen LogP contribution in [0, 0.1) is 53.3 Å². The van der Waals surface area contributed by atoms with Gasteiger partial charge in [-0.2, -0.15) is 0 Å². The summed E-state index contributed by atoms with van der Waals surface area (Å²) in [5, 5.41) is 0. The van der Waals surface area contributed by atoms with Crippen LogP contribution < -0.4 is 0 Å². The summed E-state index contributed by atoms with van der Waals surface area (Å²) >= 11 is 0. The summed E-state index contributed by atoms with van der Waals surface area (Å²) in [6.07, 6.45) is 7.10. The Balaban J connectivity index is 1.28. The smallest absolute Gasteiger partial charge is 0.165 e. The van der Waals surface area contributed by atoms with Crippen molar-refractivity contribution in [3.05, 3.63) is 0 Å². The zero-order chi connectivity index (χ0) is 15.1. The Kier molecular flexibility index (Phi) is 3.07. The molecule has 124 valence electrons. The fraction of sp³-hybridized carbons (Fsp3) is 1.00. The average molecular weight is 304 g/mol. The SMILES string of the molecule is CC1C(C)C2CC1C1C3CC(CCC4(C)OCCO4)C(C3)C21. The maximum Gasteiger partial charge on any atom is 0.165 e. The zero-order valence-corrected chi connectivity index (χ0v) is 14.5. The molecular weight excluding hydrogens is 272 g/mol. The van der Waals surface area contributed by atoms with Crippen LogP contribution in [0.15, 0.2) is 0 Å². The molecule has 1 aliphatic heterocycles. The second-order valence-corrected chi connectivity index (χ2v) is 9.46. The predicted molar refractivity (Wildman–Crippen MR) is 86.2 cm³/mol. The van der Waals surface area contributed by atoms with Crippen LogP contribution in [0.2, 0.25) is 0 Å². The number of hydrogen-bond donors (Lipinski definition) is 0. The molecule has 22 heavy (non-hydrogen) atoms. The highest BCUT2D eigenvalue weighted by Gasteiger charge is 2.65. The van der Waals surface area contributed by atoms with E-state index in [4.69, 9.17) is 9.47 Å². The summed E-state index contributed by atoms with van der Waals surface area (Å²) in [5.41, 5.74) is 0. The summed E-state index contributed by atoms with van der Waals surface area (Å²) < 4.78 is 11.7. The molecule has 4 saturated carbocycles. The third kappa shape index (κ3) is 1.80. The molecule has 5 aliphatic rings. The summed E-state index contributed by atoms with van der Waals surface area (Å²) in [5.74, 6) is 9.18. The Hall–Kier alpha value is -0.0800. The van der Waals surface area contributed by atoms with Crippen molar-refractivity contribution >= 4 is 0 Å². The van der Waals surface area contributed by atoms with E-state index in [0.29, 0.717) is 0 Å². The Morgan fingerprint density at radius 3 is 2.27 bits per heavy atom. The van der Waals surface area contributed by atoms with Crippen LogP contribution in [-0.2, 0) is 9.47 Å². The summed E-state index contributed by atoms with van der Waals surface area (Å²) in [4.78, 5) is 0. The lowest BCUT2D eigenvalue weighted by molar-refractivity contribution is -0.150. The molecule has 5 fully saturated rings. The van der Waals surface area contributed by atoms with Crippen molar-refractivity contribution < 1.29 is 9.47 Å². The fourth-order valence-electron chi connectivity index (χ4n) is 7.84. The average Bonchev–Trinajstić information content (AvgIpc) is 3.25. The molecule has 0 N–H and O–H groups in total. The van der Waals surface area contributed by atoms with Gasteiger partial charge in [-0.05, 0) is 85.9 Å². The van der Waals surface area contributed by atoms with Gasteiger partial charge in [0.25, 0.3) is 0 Å². The molecule has 9 unspecified atom stereocenters. The van der Waals surface area contributed by atoms with E-state index in [1.54, 1.807) is 12.8 Å². The van der Waals surface area contributed by atoms with E-state index >= 15 is 0 Å². The van der Waals surface area contributed by atoms with Gasteiger partial charge < -0.3 is 9.47 Å². The largest absolute Gasteiger partial charge is 0.348 e. The minimum Gasteiger partial charge on any atom is -0.348 e. The van der Waals surface area contributed by atoms with E-state index in [1.807, 2.05) is 0 Å². The van der Waals surface area contributed by atoms with E-state index in [2.05, 4.69) is 20.8 Å². The highest BCUT2D eigenvalue weighted by Crippen LogP contribution is 2.71. The first-order chi connectivity index (χ1) is 10.6. The first-order valence-electron chi connectivity index (χ1n) is 9.85. The lowest BCUT2D eigenvalue weighted by Gasteiger charge is -2.44. The van der Waals surface area contributed by atoms with Crippen LogP contribution in [-0.4, -0.2) is 19.0 Å². The van der Waals surface area contributed by atoms with Crippen molar-refractivity contribution in [3.63, 3.8) is 0 Å². The monoisotopic (exact) mass is 304 g/mol. The molecule has 2 nitrogen and oxygen atoms in total. The second-order valence-electron chi connectivity index (χ2n) is 9.46. The molecule has 9 atom stereocenters. The van der Waals surface area contributed by atoms with E-state index < -0.39 is 0 Å². The van der Waals surface area contributed by atoms with Gasteiger partial charge in [0.05, 0.1) is 13.2 Å². The third-order valence-electron chi connectivity index (χ3n) is 8.85. The Morgan fingerprint density at radius 2 is 1.55 bits per heavy atom. The van der Waals surface area contributed by atoms with Gasteiger partial charge in [0.15, 0.2) is 5.79 Å². The molecule has 0 amide bonds. The minimum atomic E-state index is -0.266. The second kappa shape index (κ2) is 4.72. The van der Waals surface area contributed by atoms with Gasteiger partial charge in [-0.1, -0.05) is 13.8 Å². The van der Waals surface area contributed by atoms with Crippen LogP contribution in [0.5, 0.6) is 0 Å². The zero-order valence-electron chi connectivity index (χ0n) is 14.5. The summed E-state index contributed by atoms with van der Waals surface area (Å²) in [6.45, 7) is 8.82. The van der Waals surface area contributed by atoms with Gasteiger partial charge in [-0.15, -0.1) is 0 Å². The molecule has 0 aromatic rings. The summed E-state index contributed by atoms with van der Waals surface area (Å²) in [7, 11) is 0. The normalized spacial score (nSPS) is 57.7. The van der Waals surface area contributed by atoms with Gasteiger partial charge in [0.2, 0.25) is 0 Å². The van der Waals surface area contributed by atoms with Crippen molar-refractivity contribution in [2.24, 2.45) is 53.3 Å². The maximum atomic E-state index is 5.83. The molecule has 4 aliphatic carbocycles. The lowest BCUT2D eigenvalue weighted by atomic mass is 9.61. The number of hydrogen-bond acceptors (Lipinski definition) is 2. The third-order valence-corrected chi connectivity index (χ3v) is 8.85. The van der Waals surface area contributed by atoms with E-state index in [9.17, 15) is 0 Å². The van der Waals surface area contributed by atoms with Crippen LogP contribution in [0.4, 0.5) is 0 Å². The van der Waals surface area contributed by atoms with Crippen molar-refractivity contribution in [2.45, 2.75) is 58.7 Å². The van der Waals surface area contributed by atoms with Crippen molar-refractivity contribution in [1.29, 1.82) is 0 Å². The van der Waals surface area contributed by atoms with E-state index in [0.717, 1.165) is 72.9 Å². The Bertz CT molecular complexity index is 455. The number of rotatable bonds is 3. The van der Waals surface area contributed by atoms with Crippen molar-refractivity contribution in [2.75, 3.05) is 13.2 Å². The standard InChI is InChI=1S/C20H32O2/c1-11-12(2)16-10-15(11)18-14-8-13(17(9-14)19(16)18)4-5-20(3)21-6-7-22-20/h11-19H,4-10H2,1-3H3. The van der Waals surface area contributed by atoms with Gasteiger partial charge in [0.1, 0.15) is 0 Å². The fourth-order valence-corrected chi connectivity index (χ4v) is 7.84. The van der Waals surface area contributed by atoms with Crippen molar-refractivity contribution in [1.82, 2.24) is 0 Å². The number of fused-ring (bicyclic) bond motifs is 9. The lowest BCUT2D eigenvalue weighted by Crippen LogP contribution is -2.39. The molecule has 1 saturated heterocycles. The van der Waals surface area contributed by atoms with E-state index in [-0.39, 0.29) is 5.79 Å². The molecule has 0 aromatic heterocycles. The van der Waals surface area contributed by atoms with Crippen molar-refractivity contribution in [3.8, 4) is 0 Å². The van der Waals surface area contributed by atoms with Gasteiger partial charge in [0, 0.05) is 6.42 Å². The van der Waals surface area contributed by atoms with Crippen LogP contribution in [0.1, 0.15) is 52.9 Å². The molecule has 0 aromatic carbocycles. The molecule has 0 spiro atoms. The predicted octanol–water partition coefficient (Wildman–Crippen LogP) is 4.34. The van der Waals surface area contributed by atoms with E-state index in [1.165, 1.54) is 12.8 Å². The molecule has 5 rings (SSSR count). The van der Waals surface area contributed by atoms with Crippen LogP contribution in [0.3, 0.4) is 0 Å². The molecule has 1 heterocycles. The van der Waals surface area contributed by atoms with Gasteiger partial charge in [-0.25, -0.2) is 0 Å². The maximum absolute atomic E-state index is 5.83. The van der Waals surface area contributed by atoms with Gasteiger partial charge in [-0.3, -0.25) is 0 Å².